The van der Waals surface area contributed by atoms with Crippen LogP contribution in [0.25, 0.3) is 10.2 Å². The molecule has 28 heavy (non-hydrogen) atoms. The van der Waals surface area contributed by atoms with Gasteiger partial charge in [0.2, 0.25) is 5.91 Å². The molecule has 2 N–H and O–H groups in total. The van der Waals surface area contributed by atoms with Crippen LogP contribution in [0, 0.1) is 5.92 Å². The van der Waals surface area contributed by atoms with Crippen molar-refractivity contribution >= 4 is 60.5 Å². The van der Waals surface area contributed by atoms with E-state index in [2.05, 4.69) is 15.5 Å². The first kappa shape index (κ1) is 17.6. The number of nitrogens with one attached hydrogen (secondary N) is 2. The molecule has 1 aliphatic carbocycles. The molecule has 144 valence electrons. The average Bonchev–Trinajstić information content (AvgIpc) is 3.10. The van der Waals surface area contributed by atoms with E-state index in [4.69, 9.17) is 4.98 Å². The van der Waals surface area contributed by atoms with Gasteiger partial charge < -0.3 is 15.5 Å². The van der Waals surface area contributed by atoms with Gasteiger partial charge in [-0.1, -0.05) is 11.3 Å². The van der Waals surface area contributed by atoms with Crippen molar-refractivity contribution in [2.75, 3.05) is 28.6 Å². The Morgan fingerprint density at radius 1 is 1.04 bits per heavy atom. The molecule has 0 bridgehead atoms. The summed E-state index contributed by atoms with van der Waals surface area (Å²) in [6, 6.07) is 9.36. The lowest BCUT2D eigenvalue weighted by Crippen LogP contribution is -2.16. The SMILES string of the molecule is O=C(Nc1ccc2nc(N3CCCC3)sc2c1)c1ccc(NC(=O)C2CC2)s1. The summed E-state index contributed by atoms with van der Waals surface area (Å²) in [6.07, 6.45) is 4.37. The van der Waals surface area contributed by atoms with Gasteiger partial charge in [0.15, 0.2) is 5.13 Å². The molecule has 6 nitrogen and oxygen atoms in total. The molecule has 0 spiro atoms. The van der Waals surface area contributed by atoms with Crippen molar-refractivity contribution in [2.45, 2.75) is 25.7 Å². The molecule has 2 aromatic heterocycles. The number of anilines is 3. The third-order valence-corrected chi connectivity index (χ3v) is 7.11. The van der Waals surface area contributed by atoms with Crippen LogP contribution in [-0.4, -0.2) is 29.9 Å². The van der Waals surface area contributed by atoms with Crippen LogP contribution in [0.1, 0.15) is 35.4 Å². The van der Waals surface area contributed by atoms with E-state index in [0.717, 1.165) is 52.0 Å². The number of aromatic nitrogens is 1. The van der Waals surface area contributed by atoms with Crippen LogP contribution in [0.5, 0.6) is 0 Å². The average molecular weight is 413 g/mol. The van der Waals surface area contributed by atoms with E-state index in [0.29, 0.717) is 4.88 Å². The highest BCUT2D eigenvalue weighted by Crippen LogP contribution is 2.33. The van der Waals surface area contributed by atoms with Gasteiger partial charge >= 0.3 is 0 Å². The van der Waals surface area contributed by atoms with Crippen LogP contribution < -0.4 is 15.5 Å². The number of nitrogens with zero attached hydrogens (tertiary/aromatic N) is 2. The van der Waals surface area contributed by atoms with Gasteiger partial charge in [-0.25, -0.2) is 4.98 Å². The summed E-state index contributed by atoms with van der Waals surface area (Å²) in [6.45, 7) is 2.14. The maximum absolute atomic E-state index is 12.6. The molecular formula is C20H20N4O2S2. The summed E-state index contributed by atoms with van der Waals surface area (Å²) in [4.78, 5) is 32.0. The van der Waals surface area contributed by atoms with Crippen LogP contribution >= 0.6 is 22.7 Å². The van der Waals surface area contributed by atoms with Crippen molar-refractivity contribution in [1.29, 1.82) is 0 Å². The van der Waals surface area contributed by atoms with Crippen molar-refractivity contribution in [3.63, 3.8) is 0 Å². The van der Waals surface area contributed by atoms with Crippen molar-refractivity contribution < 1.29 is 9.59 Å². The highest BCUT2D eigenvalue weighted by atomic mass is 32.1. The van der Waals surface area contributed by atoms with Gasteiger partial charge in [0.1, 0.15) is 0 Å². The highest BCUT2D eigenvalue weighted by Gasteiger charge is 2.29. The molecule has 3 aromatic rings. The minimum absolute atomic E-state index is 0.0539. The van der Waals surface area contributed by atoms with E-state index in [9.17, 15) is 9.59 Å². The number of carbonyl (C=O) groups is 2. The summed E-state index contributed by atoms with van der Waals surface area (Å²) < 4.78 is 1.07. The third-order valence-electron chi connectivity index (χ3n) is 5.04. The zero-order valence-corrected chi connectivity index (χ0v) is 16.9. The fraction of sp³-hybridized carbons (Fsp3) is 0.350. The smallest absolute Gasteiger partial charge is 0.265 e. The molecule has 1 saturated heterocycles. The largest absolute Gasteiger partial charge is 0.348 e. The molecule has 2 aliphatic rings. The number of carbonyl (C=O) groups excluding carboxylic acids is 2. The maximum Gasteiger partial charge on any atom is 0.265 e. The third kappa shape index (κ3) is 3.62. The fourth-order valence-corrected chi connectivity index (χ4v) is 5.18. The molecule has 1 aromatic carbocycles. The molecule has 8 heteroatoms. The molecule has 0 unspecified atom stereocenters. The van der Waals surface area contributed by atoms with Gasteiger partial charge in [-0.05, 0) is 56.0 Å². The second-order valence-corrected chi connectivity index (χ2v) is 9.35. The van der Waals surface area contributed by atoms with Gasteiger partial charge in [-0.2, -0.15) is 0 Å². The van der Waals surface area contributed by atoms with Crippen LogP contribution in [-0.2, 0) is 4.79 Å². The van der Waals surface area contributed by atoms with Crippen LogP contribution in [0.2, 0.25) is 0 Å². The number of rotatable bonds is 5. The molecule has 2 amide bonds. The Morgan fingerprint density at radius 3 is 2.64 bits per heavy atom. The molecule has 1 aliphatic heterocycles. The van der Waals surface area contributed by atoms with Crippen LogP contribution in [0.4, 0.5) is 15.8 Å². The first-order valence-corrected chi connectivity index (χ1v) is 11.2. The Morgan fingerprint density at radius 2 is 1.86 bits per heavy atom. The van der Waals surface area contributed by atoms with Crippen molar-refractivity contribution in [3.05, 3.63) is 35.2 Å². The lowest BCUT2D eigenvalue weighted by Gasteiger charge is -2.11. The lowest BCUT2D eigenvalue weighted by molar-refractivity contribution is -0.117. The van der Waals surface area contributed by atoms with Crippen molar-refractivity contribution in [1.82, 2.24) is 4.98 Å². The van der Waals surface area contributed by atoms with Crippen LogP contribution in [0.3, 0.4) is 0 Å². The number of amides is 2. The van der Waals surface area contributed by atoms with E-state index in [-0.39, 0.29) is 17.7 Å². The van der Waals surface area contributed by atoms with Gasteiger partial charge in [0.25, 0.3) is 5.91 Å². The van der Waals surface area contributed by atoms with Crippen molar-refractivity contribution in [3.8, 4) is 0 Å². The molecular weight excluding hydrogens is 392 g/mol. The van der Waals surface area contributed by atoms with Crippen LogP contribution in [0.15, 0.2) is 30.3 Å². The van der Waals surface area contributed by atoms with Gasteiger partial charge in [0, 0.05) is 24.7 Å². The molecule has 2 fully saturated rings. The Hall–Kier alpha value is -2.45. The number of hydrogen-bond acceptors (Lipinski definition) is 6. The quantitative estimate of drug-likeness (QED) is 0.644. The van der Waals surface area contributed by atoms with Gasteiger partial charge in [-0.15, -0.1) is 11.3 Å². The molecule has 0 radical (unpaired) electrons. The predicted molar refractivity (Wildman–Crippen MR) is 115 cm³/mol. The van der Waals surface area contributed by atoms with E-state index >= 15 is 0 Å². The summed E-state index contributed by atoms with van der Waals surface area (Å²) in [5, 5.41) is 7.62. The Bertz CT molecular complexity index is 1050. The maximum atomic E-state index is 12.6. The summed E-state index contributed by atoms with van der Waals surface area (Å²) in [5.74, 6) is 0.0368. The van der Waals surface area contributed by atoms with Crippen molar-refractivity contribution in [2.24, 2.45) is 5.92 Å². The molecule has 0 atom stereocenters. The summed E-state index contributed by atoms with van der Waals surface area (Å²) in [7, 11) is 0. The molecule has 5 rings (SSSR count). The molecule has 3 heterocycles. The van der Waals surface area contributed by atoms with Gasteiger partial charge in [0.05, 0.1) is 20.1 Å². The molecule has 1 saturated carbocycles. The number of hydrogen-bond donors (Lipinski definition) is 2. The Balaban J connectivity index is 1.28. The standard InChI is InChI=1S/C20H20N4O2S2/c25-18(12-3-4-12)23-17-8-7-15(27-17)19(26)21-13-5-6-14-16(11-13)28-20(22-14)24-9-1-2-10-24/h5-8,11-12H,1-4,9-10H2,(H,21,26)(H,23,25). The fourth-order valence-electron chi connectivity index (χ4n) is 3.32. The summed E-state index contributed by atoms with van der Waals surface area (Å²) >= 11 is 2.97. The van der Waals surface area contributed by atoms with E-state index in [1.807, 2.05) is 18.2 Å². The number of thiophene rings is 1. The second-order valence-electron chi connectivity index (χ2n) is 7.25. The monoisotopic (exact) mass is 412 g/mol. The number of fused-ring (bicyclic) bond motifs is 1. The normalized spacial score (nSPS) is 16.5. The summed E-state index contributed by atoms with van der Waals surface area (Å²) in [5.41, 5.74) is 1.72. The topological polar surface area (TPSA) is 74.3 Å². The first-order chi connectivity index (χ1) is 13.7. The van der Waals surface area contributed by atoms with E-state index in [1.165, 1.54) is 24.2 Å². The Kier molecular flexibility index (Phi) is 4.52. The van der Waals surface area contributed by atoms with E-state index in [1.54, 1.807) is 23.5 Å². The predicted octanol–water partition coefficient (Wildman–Crippen LogP) is 4.56. The zero-order valence-electron chi connectivity index (χ0n) is 15.2. The minimum Gasteiger partial charge on any atom is -0.348 e. The lowest BCUT2D eigenvalue weighted by atomic mass is 10.3. The van der Waals surface area contributed by atoms with Gasteiger partial charge in [-0.3, -0.25) is 9.59 Å². The minimum atomic E-state index is -0.166. The zero-order chi connectivity index (χ0) is 19.1. The van der Waals surface area contributed by atoms with E-state index < -0.39 is 0 Å². The second kappa shape index (κ2) is 7.18. The Labute approximate surface area is 170 Å². The number of thiazole rings is 1. The highest BCUT2D eigenvalue weighted by molar-refractivity contribution is 7.22. The first-order valence-electron chi connectivity index (χ1n) is 9.53. The number of benzene rings is 1.